The molecule has 0 atom stereocenters. The number of hydrogen-bond donors (Lipinski definition) is 1. The highest BCUT2D eigenvalue weighted by molar-refractivity contribution is 5.73. The first-order chi connectivity index (χ1) is 5.22. The monoisotopic (exact) mass is 157 g/mol. The van der Waals surface area contributed by atoms with Crippen LogP contribution in [0.3, 0.4) is 0 Å². The van der Waals surface area contributed by atoms with Gasteiger partial charge in [0.05, 0.1) is 6.61 Å². The van der Waals surface area contributed by atoms with Crippen LogP contribution in [0.15, 0.2) is 4.99 Å². The Morgan fingerprint density at radius 2 is 2.36 bits per heavy atom. The molecule has 0 aromatic rings. The number of ether oxygens (including phenoxy) is 1. The van der Waals surface area contributed by atoms with Crippen molar-refractivity contribution in [2.45, 2.75) is 13.8 Å². The SMILES string of the molecule is CCOC(C)=NC#N.NC=O. The highest BCUT2D eigenvalue weighted by Crippen LogP contribution is 1.77. The minimum Gasteiger partial charge on any atom is -0.481 e. The van der Waals surface area contributed by atoms with Crippen LogP contribution >= 0.6 is 0 Å². The van der Waals surface area contributed by atoms with Crippen molar-refractivity contribution in [1.29, 1.82) is 5.26 Å². The first-order valence-corrected chi connectivity index (χ1v) is 2.94. The summed E-state index contributed by atoms with van der Waals surface area (Å²) >= 11 is 0. The Morgan fingerprint density at radius 1 is 1.91 bits per heavy atom. The fourth-order valence-corrected chi connectivity index (χ4v) is 0.312. The van der Waals surface area contributed by atoms with E-state index < -0.39 is 0 Å². The van der Waals surface area contributed by atoms with E-state index in [9.17, 15) is 0 Å². The number of hydrogen-bond acceptors (Lipinski definition) is 4. The summed E-state index contributed by atoms with van der Waals surface area (Å²) in [4.78, 5) is 11.9. The standard InChI is InChI=1S/C5H8N2O.CH3NO/c1-3-8-5(2)7-4-6;2-1-3/h3H2,1-2H3;1H,(H2,2,3). The molecule has 0 bridgehead atoms. The van der Waals surface area contributed by atoms with Crippen molar-refractivity contribution < 1.29 is 9.53 Å². The van der Waals surface area contributed by atoms with Gasteiger partial charge in [-0.3, -0.25) is 4.79 Å². The molecular formula is C6H11N3O2. The van der Waals surface area contributed by atoms with Crippen molar-refractivity contribution in [2.24, 2.45) is 10.7 Å². The van der Waals surface area contributed by atoms with E-state index in [1.807, 2.05) is 6.92 Å². The van der Waals surface area contributed by atoms with Crippen LogP contribution in [0.25, 0.3) is 0 Å². The summed E-state index contributed by atoms with van der Waals surface area (Å²) in [6.45, 7) is 4.06. The molecular weight excluding hydrogens is 146 g/mol. The lowest BCUT2D eigenvalue weighted by Crippen LogP contribution is -1.96. The summed E-state index contributed by atoms with van der Waals surface area (Å²) in [5.74, 6) is 0.426. The smallest absolute Gasteiger partial charge is 0.208 e. The van der Waals surface area contributed by atoms with Crippen LogP contribution in [0.1, 0.15) is 13.8 Å². The Bertz CT molecular complexity index is 160. The Kier molecular flexibility index (Phi) is 12.4. The van der Waals surface area contributed by atoms with Gasteiger partial charge >= 0.3 is 0 Å². The van der Waals surface area contributed by atoms with E-state index in [0.29, 0.717) is 12.5 Å². The van der Waals surface area contributed by atoms with E-state index in [2.05, 4.69) is 10.7 Å². The average Bonchev–Trinajstić information content (AvgIpc) is 1.90. The minimum atomic E-state index is 0.250. The summed E-state index contributed by atoms with van der Waals surface area (Å²) in [6.07, 6.45) is 1.87. The molecule has 0 heterocycles. The predicted octanol–water partition coefficient (Wildman–Crippen LogP) is 0.0239. The third-order valence-electron chi connectivity index (χ3n) is 0.561. The third kappa shape index (κ3) is 17.8. The van der Waals surface area contributed by atoms with Crippen molar-refractivity contribution >= 4 is 12.3 Å². The Hall–Kier alpha value is -1.57. The van der Waals surface area contributed by atoms with Crippen molar-refractivity contribution in [3.8, 4) is 6.19 Å². The van der Waals surface area contributed by atoms with Crippen LogP contribution in [0, 0.1) is 11.5 Å². The second-order valence-corrected chi connectivity index (χ2v) is 1.30. The molecule has 62 valence electrons. The molecule has 0 radical (unpaired) electrons. The molecule has 1 amide bonds. The van der Waals surface area contributed by atoms with Gasteiger partial charge < -0.3 is 10.5 Å². The van der Waals surface area contributed by atoms with E-state index in [-0.39, 0.29) is 6.41 Å². The maximum absolute atomic E-state index is 8.58. The molecule has 0 aliphatic heterocycles. The lowest BCUT2D eigenvalue weighted by molar-refractivity contribution is -0.106. The van der Waals surface area contributed by atoms with Gasteiger partial charge in [-0.1, -0.05) is 0 Å². The van der Waals surface area contributed by atoms with Gasteiger partial charge in [-0.25, -0.2) is 0 Å². The fraction of sp³-hybridized carbons (Fsp3) is 0.500. The number of nitriles is 1. The molecule has 0 saturated heterocycles. The normalized spacial score (nSPS) is 8.64. The largest absolute Gasteiger partial charge is 0.481 e. The van der Waals surface area contributed by atoms with Crippen LogP contribution in [-0.2, 0) is 9.53 Å². The van der Waals surface area contributed by atoms with E-state index in [1.54, 1.807) is 13.1 Å². The number of aliphatic imine (C=N–C) groups is 1. The summed E-state index contributed by atoms with van der Waals surface area (Å²) < 4.78 is 4.81. The first-order valence-electron chi connectivity index (χ1n) is 2.94. The van der Waals surface area contributed by atoms with Gasteiger partial charge in [-0.2, -0.15) is 5.26 Å². The van der Waals surface area contributed by atoms with Gasteiger partial charge in [-0.05, 0) is 6.92 Å². The fourth-order valence-electron chi connectivity index (χ4n) is 0.312. The molecule has 0 fully saturated rings. The molecule has 0 spiro atoms. The molecule has 0 saturated carbocycles. The van der Waals surface area contributed by atoms with Gasteiger partial charge in [0.25, 0.3) is 0 Å². The summed E-state index contributed by atoms with van der Waals surface area (Å²) in [5, 5.41) is 7.95. The topological polar surface area (TPSA) is 88.5 Å². The van der Waals surface area contributed by atoms with E-state index in [4.69, 9.17) is 14.8 Å². The zero-order valence-corrected chi connectivity index (χ0v) is 6.57. The van der Waals surface area contributed by atoms with Crippen molar-refractivity contribution in [1.82, 2.24) is 0 Å². The molecule has 0 rings (SSSR count). The molecule has 0 aliphatic rings. The lowest BCUT2D eigenvalue weighted by atomic mass is 10.7. The molecule has 0 aromatic heterocycles. The highest BCUT2D eigenvalue weighted by atomic mass is 16.5. The molecule has 0 aliphatic carbocycles. The molecule has 0 unspecified atom stereocenters. The van der Waals surface area contributed by atoms with E-state index in [0.717, 1.165) is 0 Å². The lowest BCUT2D eigenvalue weighted by Gasteiger charge is -1.94. The molecule has 2 N–H and O–H groups in total. The first kappa shape index (κ1) is 12.1. The average molecular weight is 157 g/mol. The Labute approximate surface area is 65.5 Å². The van der Waals surface area contributed by atoms with Crippen LogP contribution in [0.4, 0.5) is 0 Å². The summed E-state index contributed by atoms with van der Waals surface area (Å²) in [6, 6.07) is 0. The zero-order chi connectivity index (χ0) is 9.11. The molecule has 5 nitrogen and oxygen atoms in total. The number of nitrogens with zero attached hydrogens (tertiary/aromatic N) is 2. The zero-order valence-electron chi connectivity index (χ0n) is 6.57. The van der Waals surface area contributed by atoms with Gasteiger partial charge in [0.15, 0.2) is 5.90 Å². The summed E-state index contributed by atoms with van der Waals surface area (Å²) in [5.41, 5.74) is 4.17. The predicted molar refractivity (Wildman–Crippen MR) is 40.6 cm³/mol. The van der Waals surface area contributed by atoms with Crippen LogP contribution in [-0.4, -0.2) is 18.9 Å². The number of rotatable bonds is 1. The maximum Gasteiger partial charge on any atom is 0.208 e. The Balaban J connectivity index is 0. The van der Waals surface area contributed by atoms with Gasteiger partial charge in [0.1, 0.15) is 0 Å². The van der Waals surface area contributed by atoms with Crippen molar-refractivity contribution in [3.05, 3.63) is 0 Å². The highest BCUT2D eigenvalue weighted by Gasteiger charge is 1.83. The molecule has 11 heavy (non-hydrogen) atoms. The quantitative estimate of drug-likeness (QED) is 0.252. The summed E-state index contributed by atoms with van der Waals surface area (Å²) in [7, 11) is 0. The van der Waals surface area contributed by atoms with E-state index >= 15 is 0 Å². The van der Waals surface area contributed by atoms with Crippen molar-refractivity contribution in [2.75, 3.05) is 6.61 Å². The number of nitrogens with two attached hydrogens (primary N) is 1. The van der Waals surface area contributed by atoms with Crippen LogP contribution in [0.5, 0.6) is 0 Å². The molecule has 5 heteroatoms. The molecule has 0 aromatic carbocycles. The maximum atomic E-state index is 8.58. The second-order valence-electron chi connectivity index (χ2n) is 1.30. The number of amides is 1. The van der Waals surface area contributed by atoms with Gasteiger partial charge in [0, 0.05) is 6.92 Å². The van der Waals surface area contributed by atoms with Gasteiger partial charge in [0.2, 0.25) is 12.6 Å². The van der Waals surface area contributed by atoms with E-state index in [1.165, 1.54) is 0 Å². The number of primary amides is 1. The Morgan fingerprint density at radius 3 is 2.64 bits per heavy atom. The second kappa shape index (κ2) is 11.3. The third-order valence-corrected chi connectivity index (χ3v) is 0.561. The minimum absolute atomic E-state index is 0.250. The van der Waals surface area contributed by atoms with Crippen molar-refractivity contribution in [3.63, 3.8) is 0 Å². The number of carbonyl (C=O) groups excluding carboxylic acids is 1. The van der Waals surface area contributed by atoms with Crippen LogP contribution < -0.4 is 5.73 Å². The van der Waals surface area contributed by atoms with Crippen LogP contribution in [0.2, 0.25) is 0 Å². The van der Waals surface area contributed by atoms with Gasteiger partial charge in [-0.15, -0.1) is 4.99 Å². The number of carbonyl (C=O) groups is 1.